The number of nitrogens with one attached hydrogen (secondary N) is 1. The predicted molar refractivity (Wildman–Crippen MR) is 80.4 cm³/mol. The fraction of sp³-hybridized carbons (Fsp3) is 0.312. The number of hydrogen-bond acceptors (Lipinski definition) is 4. The van der Waals surface area contributed by atoms with Gasteiger partial charge in [0.15, 0.2) is 0 Å². The first kappa shape index (κ1) is 12.9. The topological polar surface area (TPSA) is 53.9 Å². The second-order valence-corrected chi connectivity index (χ2v) is 4.90. The van der Waals surface area contributed by atoms with Crippen molar-refractivity contribution in [2.24, 2.45) is 4.99 Å². The third-order valence-electron chi connectivity index (χ3n) is 3.35. The first-order valence-electron chi connectivity index (χ1n) is 6.89. The highest BCUT2D eigenvalue weighted by atomic mass is 16.5. The molecule has 0 fully saturated rings. The molecule has 2 N–H and O–H groups in total. The average molecular weight is 270 g/mol. The SMILES string of the molecule is OC(COc1cccc2ccccc12)CC1=NCCN1. The van der Waals surface area contributed by atoms with Crippen molar-refractivity contribution in [2.75, 3.05) is 19.7 Å². The van der Waals surface area contributed by atoms with Crippen LogP contribution in [0.1, 0.15) is 6.42 Å². The van der Waals surface area contributed by atoms with Gasteiger partial charge < -0.3 is 15.2 Å². The van der Waals surface area contributed by atoms with Gasteiger partial charge in [-0.05, 0) is 11.5 Å². The zero-order chi connectivity index (χ0) is 13.8. The number of aliphatic hydroxyl groups excluding tert-OH is 1. The average Bonchev–Trinajstić information content (AvgIpc) is 2.98. The van der Waals surface area contributed by atoms with E-state index in [9.17, 15) is 5.11 Å². The Balaban J connectivity index is 1.64. The molecule has 0 radical (unpaired) electrons. The van der Waals surface area contributed by atoms with Gasteiger partial charge in [-0.25, -0.2) is 0 Å². The largest absolute Gasteiger partial charge is 0.490 e. The van der Waals surface area contributed by atoms with Crippen molar-refractivity contribution in [3.05, 3.63) is 42.5 Å². The van der Waals surface area contributed by atoms with Gasteiger partial charge in [0, 0.05) is 18.4 Å². The quantitative estimate of drug-likeness (QED) is 0.873. The maximum atomic E-state index is 10.00. The molecule has 2 aromatic rings. The van der Waals surface area contributed by atoms with E-state index in [0.717, 1.165) is 35.4 Å². The number of aliphatic imine (C=N–C) groups is 1. The Morgan fingerprint density at radius 3 is 2.90 bits per heavy atom. The normalized spacial score (nSPS) is 15.8. The summed E-state index contributed by atoms with van der Waals surface area (Å²) in [6.07, 6.45) is -0.0246. The van der Waals surface area contributed by atoms with Crippen molar-refractivity contribution in [3.8, 4) is 5.75 Å². The molecule has 0 aliphatic carbocycles. The van der Waals surface area contributed by atoms with Crippen LogP contribution >= 0.6 is 0 Å². The summed E-state index contributed by atoms with van der Waals surface area (Å²) in [5.74, 6) is 1.68. The van der Waals surface area contributed by atoms with Crippen LogP contribution in [-0.2, 0) is 0 Å². The number of nitrogens with zero attached hydrogens (tertiary/aromatic N) is 1. The van der Waals surface area contributed by atoms with E-state index in [2.05, 4.69) is 22.4 Å². The molecule has 4 nitrogen and oxygen atoms in total. The smallest absolute Gasteiger partial charge is 0.127 e. The molecule has 0 bridgehead atoms. The Morgan fingerprint density at radius 1 is 1.20 bits per heavy atom. The van der Waals surface area contributed by atoms with Crippen molar-refractivity contribution < 1.29 is 9.84 Å². The predicted octanol–water partition coefficient (Wildman–Crippen LogP) is 1.97. The van der Waals surface area contributed by atoms with Gasteiger partial charge >= 0.3 is 0 Å². The highest BCUT2D eigenvalue weighted by Gasteiger charge is 2.13. The summed E-state index contributed by atoms with van der Waals surface area (Å²) >= 11 is 0. The van der Waals surface area contributed by atoms with Crippen molar-refractivity contribution >= 4 is 16.6 Å². The number of aliphatic hydroxyl groups is 1. The lowest BCUT2D eigenvalue weighted by molar-refractivity contribution is 0.114. The summed E-state index contributed by atoms with van der Waals surface area (Å²) in [6.45, 7) is 1.94. The maximum Gasteiger partial charge on any atom is 0.127 e. The molecule has 1 aliphatic rings. The van der Waals surface area contributed by atoms with Crippen LogP contribution in [0.15, 0.2) is 47.5 Å². The first-order valence-corrected chi connectivity index (χ1v) is 6.89. The van der Waals surface area contributed by atoms with Crippen molar-refractivity contribution in [3.63, 3.8) is 0 Å². The lowest BCUT2D eigenvalue weighted by Gasteiger charge is -2.14. The Hall–Kier alpha value is -2.07. The molecule has 0 spiro atoms. The van der Waals surface area contributed by atoms with E-state index in [4.69, 9.17) is 4.74 Å². The molecular weight excluding hydrogens is 252 g/mol. The number of hydrogen-bond donors (Lipinski definition) is 2. The van der Waals surface area contributed by atoms with Crippen LogP contribution in [0.5, 0.6) is 5.75 Å². The lowest BCUT2D eigenvalue weighted by atomic mass is 10.1. The van der Waals surface area contributed by atoms with E-state index < -0.39 is 6.10 Å². The summed E-state index contributed by atoms with van der Waals surface area (Å²) in [7, 11) is 0. The standard InChI is InChI=1S/C16H18N2O2/c19-13(10-16-17-8-9-18-16)11-20-15-7-3-5-12-4-1-2-6-14(12)15/h1-7,13,19H,8-11H2,(H,17,18). The Morgan fingerprint density at radius 2 is 2.05 bits per heavy atom. The molecule has 20 heavy (non-hydrogen) atoms. The van der Waals surface area contributed by atoms with Crippen molar-refractivity contribution in [1.29, 1.82) is 0 Å². The molecule has 1 atom stereocenters. The molecular formula is C16H18N2O2. The van der Waals surface area contributed by atoms with E-state index in [1.54, 1.807) is 0 Å². The van der Waals surface area contributed by atoms with Gasteiger partial charge in [-0.2, -0.15) is 0 Å². The van der Waals surface area contributed by atoms with Crippen LogP contribution in [-0.4, -0.2) is 36.7 Å². The van der Waals surface area contributed by atoms with E-state index in [-0.39, 0.29) is 6.61 Å². The van der Waals surface area contributed by atoms with Gasteiger partial charge in [0.25, 0.3) is 0 Å². The second kappa shape index (κ2) is 5.92. The highest BCUT2D eigenvalue weighted by Crippen LogP contribution is 2.25. The fourth-order valence-electron chi connectivity index (χ4n) is 2.37. The van der Waals surface area contributed by atoms with Gasteiger partial charge in [0.1, 0.15) is 12.4 Å². The van der Waals surface area contributed by atoms with Crippen molar-refractivity contribution in [2.45, 2.75) is 12.5 Å². The Bertz CT molecular complexity index is 619. The van der Waals surface area contributed by atoms with Gasteiger partial charge in [-0.1, -0.05) is 36.4 Å². The number of fused-ring (bicyclic) bond motifs is 1. The third-order valence-corrected chi connectivity index (χ3v) is 3.35. The zero-order valence-corrected chi connectivity index (χ0v) is 11.2. The summed E-state index contributed by atoms with van der Waals surface area (Å²) in [5, 5.41) is 15.4. The third kappa shape index (κ3) is 2.91. The van der Waals surface area contributed by atoms with Crippen LogP contribution in [0.25, 0.3) is 10.8 Å². The molecule has 1 aliphatic heterocycles. The van der Waals surface area contributed by atoms with E-state index in [0.29, 0.717) is 6.42 Å². The van der Waals surface area contributed by atoms with Crippen LogP contribution < -0.4 is 10.1 Å². The fourth-order valence-corrected chi connectivity index (χ4v) is 2.37. The molecule has 0 aromatic heterocycles. The van der Waals surface area contributed by atoms with Crippen LogP contribution in [0, 0.1) is 0 Å². The van der Waals surface area contributed by atoms with E-state index in [1.807, 2.05) is 30.3 Å². The van der Waals surface area contributed by atoms with Gasteiger partial charge in [-0.15, -0.1) is 0 Å². The number of rotatable bonds is 5. The van der Waals surface area contributed by atoms with Crippen molar-refractivity contribution in [1.82, 2.24) is 5.32 Å². The second-order valence-electron chi connectivity index (χ2n) is 4.90. The monoisotopic (exact) mass is 270 g/mol. The molecule has 3 rings (SSSR count). The molecule has 1 heterocycles. The van der Waals surface area contributed by atoms with Gasteiger partial charge in [0.2, 0.25) is 0 Å². The summed E-state index contributed by atoms with van der Waals surface area (Å²) in [4.78, 5) is 4.27. The molecule has 0 saturated heterocycles. The Kier molecular flexibility index (Phi) is 3.83. The lowest BCUT2D eigenvalue weighted by Crippen LogP contribution is -2.27. The van der Waals surface area contributed by atoms with Gasteiger partial charge in [0.05, 0.1) is 18.5 Å². The summed E-state index contributed by atoms with van der Waals surface area (Å²) in [5.41, 5.74) is 0. The van der Waals surface area contributed by atoms with E-state index >= 15 is 0 Å². The number of amidine groups is 1. The first-order chi connectivity index (χ1) is 9.83. The van der Waals surface area contributed by atoms with E-state index in [1.165, 1.54) is 0 Å². The molecule has 0 saturated carbocycles. The molecule has 1 unspecified atom stereocenters. The number of ether oxygens (including phenoxy) is 1. The Labute approximate surface area is 118 Å². The highest BCUT2D eigenvalue weighted by molar-refractivity contribution is 5.88. The molecule has 104 valence electrons. The maximum absolute atomic E-state index is 10.00. The van der Waals surface area contributed by atoms with Crippen LogP contribution in [0.4, 0.5) is 0 Å². The van der Waals surface area contributed by atoms with Crippen LogP contribution in [0.2, 0.25) is 0 Å². The minimum Gasteiger partial charge on any atom is -0.490 e. The summed E-state index contributed by atoms with van der Waals surface area (Å²) < 4.78 is 5.76. The molecule has 0 amide bonds. The minimum absolute atomic E-state index is 0.273. The molecule has 4 heteroatoms. The summed E-state index contributed by atoms with van der Waals surface area (Å²) in [6, 6.07) is 14.0. The zero-order valence-electron chi connectivity index (χ0n) is 11.2. The minimum atomic E-state index is -0.543. The number of benzene rings is 2. The molecule has 2 aromatic carbocycles. The van der Waals surface area contributed by atoms with Gasteiger partial charge in [-0.3, -0.25) is 4.99 Å². The van der Waals surface area contributed by atoms with Crippen LogP contribution in [0.3, 0.4) is 0 Å².